The van der Waals surface area contributed by atoms with Gasteiger partial charge in [-0.15, -0.1) is 0 Å². The molecule has 0 atom stereocenters. The zero-order valence-corrected chi connectivity index (χ0v) is 16.5. The molecule has 0 bridgehead atoms. The number of benzene rings is 2. The van der Waals surface area contributed by atoms with Crippen molar-refractivity contribution in [3.8, 4) is 5.75 Å². The second-order valence-electron chi connectivity index (χ2n) is 8.12. The number of amides is 1. The second-order valence-corrected chi connectivity index (χ2v) is 8.12. The fourth-order valence-electron chi connectivity index (χ4n) is 4.83. The van der Waals surface area contributed by atoms with E-state index >= 15 is 0 Å². The number of rotatable bonds is 3. The standard InChI is InChI=1S/C24H29NO2/c1-3-18-8-9-20(16-22(18)27-2)23(26)25-14-12-24(13-15-25)11-10-19-6-4-5-7-21(19)17-24/h4-9,16H,3,10-15,17H2,1-2H3. The van der Waals surface area contributed by atoms with E-state index in [4.69, 9.17) is 4.74 Å². The van der Waals surface area contributed by atoms with Crippen LogP contribution in [0.3, 0.4) is 0 Å². The fraction of sp³-hybridized carbons (Fsp3) is 0.458. The Bertz CT molecular complexity index is 834. The topological polar surface area (TPSA) is 29.5 Å². The first-order valence-corrected chi connectivity index (χ1v) is 10.2. The number of fused-ring (bicyclic) bond motifs is 1. The maximum Gasteiger partial charge on any atom is 0.253 e. The van der Waals surface area contributed by atoms with E-state index in [-0.39, 0.29) is 5.91 Å². The van der Waals surface area contributed by atoms with Gasteiger partial charge in [-0.1, -0.05) is 37.3 Å². The summed E-state index contributed by atoms with van der Waals surface area (Å²) >= 11 is 0. The lowest BCUT2D eigenvalue weighted by Gasteiger charge is -2.44. The molecule has 2 aliphatic rings. The molecule has 142 valence electrons. The summed E-state index contributed by atoms with van der Waals surface area (Å²) in [5.41, 5.74) is 5.31. The molecule has 1 fully saturated rings. The predicted molar refractivity (Wildman–Crippen MR) is 108 cm³/mol. The van der Waals surface area contributed by atoms with Gasteiger partial charge in [-0.3, -0.25) is 4.79 Å². The van der Waals surface area contributed by atoms with E-state index < -0.39 is 0 Å². The van der Waals surface area contributed by atoms with E-state index in [0.717, 1.165) is 49.2 Å². The maximum atomic E-state index is 13.0. The Morgan fingerprint density at radius 3 is 2.52 bits per heavy atom. The highest BCUT2D eigenvalue weighted by atomic mass is 16.5. The van der Waals surface area contributed by atoms with E-state index in [2.05, 4.69) is 31.2 Å². The van der Waals surface area contributed by atoms with Gasteiger partial charge in [0.05, 0.1) is 7.11 Å². The fourth-order valence-corrected chi connectivity index (χ4v) is 4.83. The number of ether oxygens (including phenoxy) is 1. The molecule has 2 aromatic carbocycles. The highest BCUT2D eigenvalue weighted by Crippen LogP contribution is 2.43. The first kappa shape index (κ1) is 18.1. The van der Waals surface area contributed by atoms with Gasteiger partial charge >= 0.3 is 0 Å². The van der Waals surface area contributed by atoms with Gasteiger partial charge in [-0.25, -0.2) is 0 Å². The number of piperidine rings is 1. The molecule has 0 aromatic heterocycles. The molecule has 3 heteroatoms. The van der Waals surface area contributed by atoms with Crippen molar-refractivity contribution in [2.75, 3.05) is 20.2 Å². The zero-order chi connectivity index (χ0) is 18.9. The van der Waals surface area contributed by atoms with Gasteiger partial charge in [0, 0.05) is 18.7 Å². The summed E-state index contributed by atoms with van der Waals surface area (Å²) in [6, 6.07) is 14.7. The van der Waals surface area contributed by atoms with Gasteiger partial charge in [0.1, 0.15) is 5.75 Å². The summed E-state index contributed by atoms with van der Waals surface area (Å²) < 4.78 is 5.47. The molecule has 1 aliphatic carbocycles. The van der Waals surface area contributed by atoms with Crippen molar-refractivity contribution in [1.82, 2.24) is 4.90 Å². The summed E-state index contributed by atoms with van der Waals surface area (Å²) in [5.74, 6) is 0.961. The largest absolute Gasteiger partial charge is 0.496 e. The first-order valence-electron chi connectivity index (χ1n) is 10.2. The monoisotopic (exact) mass is 363 g/mol. The van der Waals surface area contributed by atoms with Crippen molar-refractivity contribution < 1.29 is 9.53 Å². The highest BCUT2D eigenvalue weighted by Gasteiger charge is 2.38. The van der Waals surface area contributed by atoms with Gasteiger partial charge < -0.3 is 9.64 Å². The van der Waals surface area contributed by atoms with E-state index in [1.54, 1.807) is 7.11 Å². The van der Waals surface area contributed by atoms with E-state index in [0.29, 0.717) is 5.41 Å². The SMILES string of the molecule is CCc1ccc(C(=O)N2CCC3(CCc4ccccc4C3)CC2)cc1OC. The molecule has 1 saturated heterocycles. The van der Waals surface area contributed by atoms with Gasteiger partial charge in [0.25, 0.3) is 5.91 Å². The van der Waals surface area contributed by atoms with Gasteiger partial charge in [-0.05, 0) is 72.8 Å². The average molecular weight is 364 g/mol. The second kappa shape index (κ2) is 7.38. The van der Waals surface area contributed by atoms with Crippen LogP contribution in [0, 0.1) is 5.41 Å². The van der Waals surface area contributed by atoms with E-state index in [1.807, 2.05) is 23.1 Å². The third-order valence-corrected chi connectivity index (χ3v) is 6.63. The molecule has 2 aromatic rings. The number of carbonyl (C=O) groups excluding carboxylic acids is 1. The summed E-state index contributed by atoms with van der Waals surface area (Å²) in [4.78, 5) is 15.0. The lowest BCUT2D eigenvalue weighted by molar-refractivity contribution is 0.0543. The Balaban J connectivity index is 1.44. The van der Waals surface area contributed by atoms with Crippen LogP contribution in [0.4, 0.5) is 0 Å². The van der Waals surface area contributed by atoms with Crippen LogP contribution in [0.5, 0.6) is 5.75 Å². The lowest BCUT2D eigenvalue weighted by atomic mass is 9.66. The molecule has 0 saturated carbocycles. The summed E-state index contributed by atoms with van der Waals surface area (Å²) in [5, 5.41) is 0. The number of hydrogen-bond acceptors (Lipinski definition) is 2. The highest BCUT2D eigenvalue weighted by molar-refractivity contribution is 5.94. The number of nitrogens with zero attached hydrogens (tertiary/aromatic N) is 1. The molecule has 0 N–H and O–H groups in total. The summed E-state index contributed by atoms with van der Waals surface area (Å²) in [6.07, 6.45) is 6.73. The lowest BCUT2D eigenvalue weighted by Crippen LogP contribution is -2.45. The normalized spacial score (nSPS) is 18.2. The van der Waals surface area contributed by atoms with Gasteiger partial charge in [0.2, 0.25) is 0 Å². The Morgan fingerprint density at radius 2 is 1.81 bits per heavy atom. The van der Waals surface area contributed by atoms with Crippen molar-refractivity contribution in [2.24, 2.45) is 5.41 Å². The summed E-state index contributed by atoms with van der Waals surface area (Å²) in [7, 11) is 1.67. The average Bonchev–Trinajstić information content (AvgIpc) is 2.73. The van der Waals surface area contributed by atoms with Crippen molar-refractivity contribution >= 4 is 5.91 Å². The van der Waals surface area contributed by atoms with Crippen LogP contribution in [0.1, 0.15) is 53.2 Å². The Labute approximate surface area is 162 Å². The number of hydrogen-bond donors (Lipinski definition) is 0. The van der Waals surface area contributed by atoms with E-state index in [9.17, 15) is 4.79 Å². The Kier molecular flexibility index (Phi) is 4.94. The molecule has 27 heavy (non-hydrogen) atoms. The van der Waals surface area contributed by atoms with Crippen molar-refractivity contribution in [2.45, 2.75) is 45.4 Å². The molecule has 1 spiro atoms. The van der Waals surface area contributed by atoms with Crippen molar-refractivity contribution in [1.29, 1.82) is 0 Å². The minimum atomic E-state index is 0.141. The molecule has 4 rings (SSSR count). The van der Waals surface area contributed by atoms with Gasteiger partial charge in [-0.2, -0.15) is 0 Å². The molecule has 1 aliphatic heterocycles. The molecule has 3 nitrogen and oxygen atoms in total. The molecule has 0 unspecified atom stereocenters. The summed E-state index contributed by atoms with van der Waals surface area (Å²) in [6.45, 7) is 3.82. The first-order chi connectivity index (χ1) is 13.1. The molecular formula is C24H29NO2. The number of carbonyl (C=O) groups is 1. The van der Waals surface area contributed by atoms with Gasteiger partial charge in [0.15, 0.2) is 0 Å². The smallest absolute Gasteiger partial charge is 0.253 e. The predicted octanol–water partition coefficient (Wildman–Crippen LogP) is 4.67. The molecule has 1 amide bonds. The van der Waals surface area contributed by atoms with Crippen LogP contribution in [-0.4, -0.2) is 31.0 Å². The van der Waals surface area contributed by atoms with Crippen LogP contribution in [0.2, 0.25) is 0 Å². The number of likely N-dealkylation sites (tertiary alicyclic amines) is 1. The molecule has 0 radical (unpaired) electrons. The quantitative estimate of drug-likeness (QED) is 0.793. The van der Waals surface area contributed by atoms with Crippen LogP contribution in [0.15, 0.2) is 42.5 Å². The molecular weight excluding hydrogens is 334 g/mol. The minimum absolute atomic E-state index is 0.141. The third kappa shape index (κ3) is 3.47. The van der Waals surface area contributed by atoms with Crippen LogP contribution >= 0.6 is 0 Å². The van der Waals surface area contributed by atoms with Crippen molar-refractivity contribution in [3.05, 3.63) is 64.7 Å². The zero-order valence-electron chi connectivity index (χ0n) is 16.5. The minimum Gasteiger partial charge on any atom is -0.496 e. The maximum absolute atomic E-state index is 13.0. The Hall–Kier alpha value is -2.29. The van der Waals surface area contributed by atoms with Crippen LogP contribution < -0.4 is 4.74 Å². The number of aryl methyl sites for hydroxylation is 2. The number of methoxy groups -OCH3 is 1. The van der Waals surface area contributed by atoms with Crippen molar-refractivity contribution in [3.63, 3.8) is 0 Å². The Morgan fingerprint density at radius 1 is 1.07 bits per heavy atom. The van der Waals surface area contributed by atoms with Crippen LogP contribution in [-0.2, 0) is 19.3 Å². The third-order valence-electron chi connectivity index (χ3n) is 6.63. The van der Waals surface area contributed by atoms with E-state index in [1.165, 1.54) is 30.4 Å². The molecule has 1 heterocycles. The van der Waals surface area contributed by atoms with Crippen LogP contribution in [0.25, 0.3) is 0 Å².